The van der Waals surface area contributed by atoms with Gasteiger partial charge in [-0.2, -0.15) is 0 Å². The summed E-state index contributed by atoms with van der Waals surface area (Å²) >= 11 is 1.38. The first kappa shape index (κ1) is 12.3. The molecule has 0 saturated heterocycles. The number of rotatable bonds is 4. The second-order valence-electron chi connectivity index (χ2n) is 3.40. The van der Waals surface area contributed by atoms with Gasteiger partial charge in [0.15, 0.2) is 6.29 Å². The Morgan fingerprint density at radius 2 is 1.89 bits per heavy atom. The number of carbonyl (C=O) groups is 1. The van der Waals surface area contributed by atoms with E-state index in [-0.39, 0.29) is 5.69 Å². The van der Waals surface area contributed by atoms with E-state index >= 15 is 0 Å². The highest BCUT2D eigenvalue weighted by atomic mass is 32.2. The second kappa shape index (κ2) is 5.42. The number of nitrogens with zero attached hydrogens (tertiary/aromatic N) is 2. The van der Waals surface area contributed by atoms with E-state index in [0.717, 1.165) is 16.2 Å². The average molecular weight is 260 g/mol. The Bertz CT molecular complexity index is 567. The van der Waals surface area contributed by atoms with Gasteiger partial charge in [-0.15, -0.1) is 0 Å². The molecule has 1 aromatic heterocycles. The maximum Gasteiger partial charge on any atom is 0.269 e. The molecule has 0 aliphatic rings. The van der Waals surface area contributed by atoms with Crippen LogP contribution in [-0.2, 0) is 0 Å². The Morgan fingerprint density at radius 3 is 2.39 bits per heavy atom. The largest absolute Gasteiger partial charge is 0.298 e. The van der Waals surface area contributed by atoms with E-state index in [9.17, 15) is 14.9 Å². The molecule has 2 aromatic rings. The molecule has 0 N–H and O–H groups in total. The predicted molar refractivity (Wildman–Crippen MR) is 66.8 cm³/mol. The van der Waals surface area contributed by atoms with Crippen molar-refractivity contribution in [2.75, 3.05) is 0 Å². The molecule has 90 valence electrons. The number of nitro benzene ring substituents is 1. The quantitative estimate of drug-likeness (QED) is 0.480. The van der Waals surface area contributed by atoms with Crippen LogP contribution in [-0.4, -0.2) is 16.2 Å². The average Bonchev–Trinajstić information content (AvgIpc) is 2.40. The summed E-state index contributed by atoms with van der Waals surface area (Å²) in [4.78, 5) is 25.5. The van der Waals surface area contributed by atoms with E-state index in [1.54, 1.807) is 24.3 Å². The SMILES string of the molecule is O=Cc1ccc(Sc2ccc([N+](=O)[O-])cc2)nc1. The zero-order valence-corrected chi connectivity index (χ0v) is 9.96. The fourth-order valence-corrected chi connectivity index (χ4v) is 2.03. The second-order valence-corrected chi connectivity index (χ2v) is 4.49. The lowest BCUT2D eigenvalue weighted by Gasteiger charge is -2.00. The number of aldehydes is 1. The molecule has 5 nitrogen and oxygen atoms in total. The lowest BCUT2D eigenvalue weighted by atomic mass is 10.3. The lowest BCUT2D eigenvalue weighted by molar-refractivity contribution is -0.384. The highest BCUT2D eigenvalue weighted by molar-refractivity contribution is 7.99. The number of hydrogen-bond acceptors (Lipinski definition) is 5. The Morgan fingerprint density at radius 1 is 1.17 bits per heavy atom. The number of carbonyl (C=O) groups excluding carboxylic acids is 1. The van der Waals surface area contributed by atoms with E-state index in [1.807, 2.05) is 0 Å². The molecule has 0 fully saturated rings. The molecule has 0 saturated carbocycles. The van der Waals surface area contributed by atoms with Crippen molar-refractivity contribution in [2.24, 2.45) is 0 Å². The molecular formula is C12H8N2O3S. The molecule has 0 bridgehead atoms. The van der Waals surface area contributed by atoms with Crippen LogP contribution in [0, 0.1) is 10.1 Å². The maximum absolute atomic E-state index is 10.5. The van der Waals surface area contributed by atoms with Crippen molar-refractivity contribution in [1.29, 1.82) is 0 Å². The first-order valence-corrected chi connectivity index (χ1v) is 5.84. The zero-order chi connectivity index (χ0) is 13.0. The first-order valence-electron chi connectivity index (χ1n) is 5.02. The minimum atomic E-state index is -0.439. The van der Waals surface area contributed by atoms with Crippen molar-refractivity contribution in [3.05, 3.63) is 58.3 Å². The van der Waals surface area contributed by atoms with Gasteiger partial charge in [0.2, 0.25) is 0 Å². The van der Waals surface area contributed by atoms with Crippen molar-refractivity contribution in [3.8, 4) is 0 Å². The summed E-state index contributed by atoms with van der Waals surface area (Å²) in [5.74, 6) is 0. The molecule has 0 aliphatic heterocycles. The Labute approximate surface area is 107 Å². The van der Waals surface area contributed by atoms with Crippen molar-refractivity contribution in [2.45, 2.75) is 9.92 Å². The normalized spacial score (nSPS) is 10.0. The number of pyridine rings is 1. The van der Waals surface area contributed by atoms with Crippen molar-refractivity contribution < 1.29 is 9.72 Å². The zero-order valence-electron chi connectivity index (χ0n) is 9.15. The van der Waals surface area contributed by atoms with E-state index < -0.39 is 4.92 Å². The highest BCUT2D eigenvalue weighted by Crippen LogP contribution is 2.27. The number of nitro groups is 1. The third kappa shape index (κ3) is 2.92. The molecule has 18 heavy (non-hydrogen) atoms. The third-order valence-corrected chi connectivity index (χ3v) is 3.12. The van der Waals surface area contributed by atoms with Crippen molar-refractivity contribution in [3.63, 3.8) is 0 Å². The molecule has 0 amide bonds. The minimum Gasteiger partial charge on any atom is -0.298 e. The summed E-state index contributed by atoms with van der Waals surface area (Å²) < 4.78 is 0. The van der Waals surface area contributed by atoms with Gasteiger partial charge in [0.25, 0.3) is 5.69 Å². The minimum absolute atomic E-state index is 0.0589. The van der Waals surface area contributed by atoms with Gasteiger partial charge in [0.1, 0.15) is 5.03 Å². The number of non-ortho nitro benzene ring substituents is 1. The third-order valence-electron chi connectivity index (χ3n) is 2.17. The Hall–Kier alpha value is -2.21. The smallest absolute Gasteiger partial charge is 0.269 e. The first-order chi connectivity index (χ1) is 8.69. The van der Waals surface area contributed by atoms with Crippen LogP contribution in [0.1, 0.15) is 10.4 Å². The van der Waals surface area contributed by atoms with Crippen LogP contribution in [0.4, 0.5) is 5.69 Å². The van der Waals surface area contributed by atoms with Crippen LogP contribution < -0.4 is 0 Å². The molecule has 0 atom stereocenters. The van der Waals surface area contributed by atoms with Crippen LogP contribution in [0.2, 0.25) is 0 Å². The van der Waals surface area contributed by atoms with Gasteiger partial charge in [-0.1, -0.05) is 11.8 Å². The van der Waals surface area contributed by atoms with E-state index in [4.69, 9.17) is 0 Å². The summed E-state index contributed by atoms with van der Waals surface area (Å²) in [6.45, 7) is 0. The number of hydrogen-bond donors (Lipinski definition) is 0. The van der Waals surface area contributed by atoms with Gasteiger partial charge in [-0.25, -0.2) is 4.98 Å². The molecule has 0 aliphatic carbocycles. The Kier molecular flexibility index (Phi) is 3.69. The molecule has 0 radical (unpaired) electrons. The fourth-order valence-electron chi connectivity index (χ4n) is 1.28. The summed E-state index contributed by atoms with van der Waals surface area (Å²) in [6.07, 6.45) is 2.22. The van der Waals surface area contributed by atoms with Crippen LogP contribution in [0.25, 0.3) is 0 Å². The van der Waals surface area contributed by atoms with E-state index in [1.165, 1.54) is 30.1 Å². The molecule has 1 heterocycles. The van der Waals surface area contributed by atoms with Gasteiger partial charge in [0, 0.05) is 28.8 Å². The number of benzene rings is 1. The van der Waals surface area contributed by atoms with Gasteiger partial charge in [0.05, 0.1) is 4.92 Å². The Balaban J connectivity index is 2.12. The standard InChI is InChI=1S/C12H8N2O3S/c15-8-9-1-6-12(13-7-9)18-11-4-2-10(3-5-11)14(16)17/h1-8H. The molecule has 0 spiro atoms. The maximum atomic E-state index is 10.5. The number of aromatic nitrogens is 1. The molecule has 6 heteroatoms. The molecule has 1 aromatic carbocycles. The van der Waals surface area contributed by atoms with Gasteiger partial charge < -0.3 is 0 Å². The summed E-state index contributed by atoms with van der Waals surface area (Å²) in [5, 5.41) is 11.2. The van der Waals surface area contributed by atoms with Gasteiger partial charge in [-0.3, -0.25) is 14.9 Å². The van der Waals surface area contributed by atoms with Gasteiger partial charge in [-0.05, 0) is 24.3 Å². The molecule has 0 unspecified atom stereocenters. The lowest BCUT2D eigenvalue weighted by Crippen LogP contribution is -1.87. The fraction of sp³-hybridized carbons (Fsp3) is 0. The van der Waals surface area contributed by atoms with Crippen LogP contribution >= 0.6 is 11.8 Å². The van der Waals surface area contributed by atoms with Crippen LogP contribution in [0.15, 0.2) is 52.5 Å². The molecular weight excluding hydrogens is 252 g/mol. The summed E-state index contributed by atoms with van der Waals surface area (Å²) in [7, 11) is 0. The van der Waals surface area contributed by atoms with Gasteiger partial charge >= 0.3 is 0 Å². The van der Waals surface area contributed by atoms with Crippen molar-refractivity contribution in [1.82, 2.24) is 4.98 Å². The molecule has 2 rings (SSSR count). The monoisotopic (exact) mass is 260 g/mol. The van der Waals surface area contributed by atoms with E-state index in [2.05, 4.69) is 4.98 Å². The topological polar surface area (TPSA) is 73.1 Å². The summed E-state index contributed by atoms with van der Waals surface area (Å²) in [5.41, 5.74) is 0.576. The predicted octanol–water partition coefficient (Wildman–Crippen LogP) is 2.95. The van der Waals surface area contributed by atoms with Crippen LogP contribution in [0.3, 0.4) is 0 Å². The van der Waals surface area contributed by atoms with E-state index in [0.29, 0.717) is 5.56 Å². The van der Waals surface area contributed by atoms with Crippen molar-refractivity contribution >= 4 is 23.7 Å². The summed E-state index contributed by atoms with van der Waals surface area (Å²) in [6, 6.07) is 9.63. The van der Waals surface area contributed by atoms with Crippen LogP contribution in [0.5, 0.6) is 0 Å². The highest BCUT2D eigenvalue weighted by Gasteiger charge is 2.05.